The van der Waals surface area contributed by atoms with Crippen molar-refractivity contribution in [2.45, 2.75) is 13.8 Å². The fraction of sp³-hybridized carbons (Fsp3) is 0.308. The van der Waals surface area contributed by atoms with Crippen LogP contribution in [-0.2, 0) is 0 Å². The molecule has 0 atom stereocenters. The zero-order valence-electron chi connectivity index (χ0n) is 10.2. The average molecular weight is 295 g/mol. The largest absolute Gasteiger partial charge is 0.494 e. The van der Waals surface area contributed by atoms with Gasteiger partial charge in [0.2, 0.25) is 0 Å². The lowest BCUT2D eigenvalue weighted by Crippen LogP contribution is -2.00. The van der Waals surface area contributed by atoms with Gasteiger partial charge >= 0.3 is 0 Å². The van der Waals surface area contributed by atoms with E-state index in [9.17, 15) is 0 Å². The van der Waals surface area contributed by atoms with Crippen LogP contribution < -0.4 is 10.1 Å². The zero-order chi connectivity index (χ0) is 12.4. The minimum absolute atomic E-state index is 0.797. The van der Waals surface area contributed by atoms with Crippen LogP contribution in [-0.4, -0.2) is 18.6 Å². The summed E-state index contributed by atoms with van der Waals surface area (Å²) in [6, 6.07) is 5.96. The molecule has 0 unspecified atom stereocenters. The van der Waals surface area contributed by atoms with Crippen molar-refractivity contribution in [3.8, 4) is 5.75 Å². The van der Waals surface area contributed by atoms with Crippen LogP contribution in [0.3, 0.4) is 0 Å². The highest BCUT2D eigenvalue weighted by Crippen LogP contribution is 2.35. The molecule has 0 aliphatic carbocycles. The predicted molar refractivity (Wildman–Crippen MR) is 74.9 cm³/mol. The van der Waals surface area contributed by atoms with Crippen molar-refractivity contribution >= 4 is 32.5 Å². The molecular weight excluding hydrogens is 280 g/mol. The van der Waals surface area contributed by atoms with Gasteiger partial charge in [-0.15, -0.1) is 0 Å². The number of hydrogen-bond acceptors (Lipinski definition) is 3. The molecule has 1 aromatic carbocycles. The normalized spacial score (nSPS) is 10.6. The number of aryl methyl sites for hydroxylation is 1. The van der Waals surface area contributed by atoms with E-state index in [4.69, 9.17) is 4.74 Å². The summed E-state index contributed by atoms with van der Waals surface area (Å²) in [5.74, 6) is 0.797. The van der Waals surface area contributed by atoms with Gasteiger partial charge in [0, 0.05) is 27.8 Å². The number of aromatic nitrogens is 1. The van der Waals surface area contributed by atoms with Gasteiger partial charge in [0.25, 0.3) is 0 Å². The average Bonchev–Trinajstić information content (AvgIpc) is 2.29. The number of pyridine rings is 1. The molecule has 0 radical (unpaired) electrons. The lowest BCUT2D eigenvalue weighted by molar-refractivity contribution is 0.419. The zero-order valence-corrected chi connectivity index (χ0v) is 11.8. The quantitative estimate of drug-likeness (QED) is 0.936. The molecule has 0 aliphatic rings. The van der Waals surface area contributed by atoms with Crippen LogP contribution in [0.4, 0.5) is 5.69 Å². The molecule has 4 heteroatoms. The third-order valence-corrected chi connectivity index (χ3v) is 3.25. The lowest BCUT2D eigenvalue weighted by Gasteiger charge is -2.13. The minimum atomic E-state index is 0.797. The molecule has 0 saturated heterocycles. The van der Waals surface area contributed by atoms with Crippen molar-refractivity contribution in [1.29, 1.82) is 0 Å². The second-order valence-electron chi connectivity index (χ2n) is 3.81. The molecule has 90 valence electrons. The number of benzene rings is 1. The summed E-state index contributed by atoms with van der Waals surface area (Å²) in [6.07, 6.45) is 0. The molecule has 0 bridgehead atoms. The molecule has 1 N–H and O–H groups in total. The van der Waals surface area contributed by atoms with E-state index in [-0.39, 0.29) is 0 Å². The van der Waals surface area contributed by atoms with E-state index in [2.05, 4.69) is 39.2 Å². The molecule has 0 spiro atoms. The van der Waals surface area contributed by atoms with Crippen molar-refractivity contribution in [2.24, 2.45) is 0 Å². The maximum atomic E-state index is 5.36. The minimum Gasteiger partial charge on any atom is -0.494 e. The highest BCUT2D eigenvalue weighted by Gasteiger charge is 2.11. The van der Waals surface area contributed by atoms with Gasteiger partial charge < -0.3 is 10.1 Å². The van der Waals surface area contributed by atoms with Crippen LogP contribution >= 0.6 is 15.9 Å². The number of fused-ring (bicyclic) bond motifs is 1. The molecule has 3 nitrogen and oxygen atoms in total. The number of rotatable bonds is 3. The van der Waals surface area contributed by atoms with Gasteiger partial charge in [-0.3, -0.25) is 0 Å². The number of nitrogens with one attached hydrogen (secondary N) is 1. The van der Waals surface area contributed by atoms with Gasteiger partial charge in [-0.05, 0) is 32.0 Å². The smallest absolute Gasteiger partial charge is 0.145 e. The predicted octanol–water partition coefficient (Wildman–Crippen LogP) is 3.75. The second-order valence-corrected chi connectivity index (χ2v) is 4.67. The van der Waals surface area contributed by atoms with Gasteiger partial charge in [-0.25, -0.2) is 4.98 Å². The molecule has 1 heterocycles. The summed E-state index contributed by atoms with van der Waals surface area (Å²) < 4.78 is 6.38. The number of hydrogen-bond donors (Lipinski definition) is 1. The molecule has 1 aromatic heterocycles. The Morgan fingerprint density at radius 3 is 2.82 bits per heavy atom. The molecular formula is C13H15BrN2O. The number of halogens is 1. The summed E-state index contributed by atoms with van der Waals surface area (Å²) in [7, 11) is 1.67. The van der Waals surface area contributed by atoms with E-state index in [1.165, 1.54) is 0 Å². The molecule has 2 rings (SSSR count). The maximum Gasteiger partial charge on any atom is 0.145 e. The SMILES string of the molecule is CCNc1cc(C)nc2c(OC)ccc(Br)c12. The van der Waals surface area contributed by atoms with Crippen molar-refractivity contribution in [2.75, 3.05) is 19.0 Å². The Balaban J connectivity index is 2.81. The number of methoxy groups -OCH3 is 1. The first-order valence-corrected chi connectivity index (χ1v) is 6.34. The van der Waals surface area contributed by atoms with Crippen LogP contribution in [0.25, 0.3) is 10.9 Å². The third-order valence-electron chi connectivity index (χ3n) is 2.59. The molecule has 17 heavy (non-hydrogen) atoms. The van der Waals surface area contributed by atoms with E-state index in [0.29, 0.717) is 0 Å². The van der Waals surface area contributed by atoms with E-state index in [1.54, 1.807) is 7.11 Å². The van der Waals surface area contributed by atoms with E-state index in [1.807, 2.05) is 19.1 Å². The molecule has 0 saturated carbocycles. The Bertz CT molecular complexity index is 555. The van der Waals surface area contributed by atoms with E-state index >= 15 is 0 Å². The van der Waals surface area contributed by atoms with Crippen LogP contribution in [0, 0.1) is 6.92 Å². The van der Waals surface area contributed by atoms with Gasteiger partial charge in [0.1, 0.15) is 11.3 Å². The molecule has 2 aromatic rings. The monoisotopic (exact) mass is 294 g/mol. The third kappa shape index (κ3) is 2.22. The Morgan fingerprint density at radius 2 is 2.18 bits per heavy atom. The van der Waals surface area contributed by atoms with Gasteiger partial charge in [-0.2, -0.15) is 0 Å². The summed E-state index contributed by atoms with van der Waals surface area (Å²) in [5, 5.41) is 4.42. The maximum absolute atomic E-state index is 5.36. The molecule has 0 fully saturated rings. The summed E-state index contributed by atoms with van der Waals surface area (Å²) in [4.78, 5) is 4.56. The van der Waals surface area contributed by atoms with Crippen molar-refractivity contribution in [1.82, 2.24) is 4.98 Å². The first-order valence-electron chi connectivity index (χ1n) is 5.55. The van der Waals surface area contributed by atoms with Gasteiger partial charge in [-0.1, -0.05) is 15.9 Å². The van der Waals surface area contributed by atoms with Gasteiger partial charge in [0.15, 0.2) is 0 Å². The van der Waals surface area contributed by atoms with Crippen molar-refractivity contribution in [3.05, 3.63) is 28.4 Å². The lowest BCUT2D eigenvalue weighted by atomic mass is 10.1. The first kappa shape index (κ1) is 12.2. The van der Waals surface area contributed by atoms with Crippen LogP contribution in [0.15, 0.2) is 22.7 Å². The summed E-state index contributed by atoms with van der Waals surface area (Å²) in [6.45, 7) is 4.94. The number of anilines is 1. The number of ether oxygens (including phenoxy) is 1. The van der Waals surface area contributed by atoms with Crippen LogP contribution in [0.1, 0.15) is 12.6 Å². The fourth-order valence-electron chi connectivity index (χ4n) is 1.90. The van der Waals surface area contributed by atoms with Crippen molar-refractivity contribution in [3.63, 3.8) is 0 Å². The van der Waals surface area contributed by atoms with E-state index < -0.39 is 0 Å². The Morgan fingerprint density at radius 1 is 1.41 bits per heavy atom. The fourth-order valence-corrected chi connectivity index (χ4v) is 2.43. The van der Waals surface area contributed by atoms with E-state index in [0.717, 1.165) is 39.1 Å². The first-order chi connectivity index (χ1) is 8.17. The molecule has 0 amide bonds. The van der Waals surface area contributed by atoms with Crippen LogP contribution in [0.5, 0.6) is 5.75 Å². The Labute approximate surface area is 109 Å². The standard InChI is InChI=1S/C13H15BrN2O/c1-4-15-10-7-8(2)16-13-11(17-3)6-5-9(14)12(10)13/h5-7H,4H2,1-3H3,(H,15,16). The van der Waals surface area contributed by atoms with Crippen LogP contribution in [0.2, 0.25) is 0 Å². The highest BCUT2D eigenvalue weighted by atomic mass is 79.9. The topological polar surface area (TPSA) is 34.2 Å². The van der Waals surface area contributed by atoms with Crippen molar-refractivity contribution < 1.29 is 4.74 Å². The Kier molecular flexibility index (Phi) is 3.52. The number of nitrogens with zero attached hydrogens (tertiary/aromatic N) is 1. The van der Waals surface area contributed by atoms with Gasteiger partial charge in [0.05, 0.1) is 7.11 Å². The summed E-state index contributed by atoms with van der Waals surface area (Å²) >= 11 is 3.57. The second kappa shape index (κ2) is 4.92. The summed E-state index contributed by atoms with van der Waals surface area (Å²) in [5.41, 5.74) is 2.95. The Hall–Kier alpha value is -1.29. The highest BCUT2D eigenvalue weighted by molar-refractivity contribution is 9.10. The molecule has 0 aliphatic heterocycles.